The summed E-state index contributed by atoms with van der Waals surface area (Å²) in [4.78, 5) is 0. The molecule has 1 heterocycles. The van der Waals surface area contributed by atoms with Gasteiger partial charge in [-0.25, -0.2) is 0 Å². The lowest BCUT2D eigenvalue weighted by Gasteiger charge is -2.13. The third kappa shape index (κ3) is 1.73. The maximum Gasteiger partial charge on any atom is 0.0644 e. The third-order valence-corrected chi connectivity index (χ3v) is 2.52. The Morgan fingerprint density at radius 3 is 2.46 bits per heavy atom. The number of hydrazine groups is 1. The topological polar surface area (TPSA) is 55.9 Å². The molecule has 1 unspecified atom stereocenters. The number of aryl methyl sites for hydroxylation is 2. The molecule has 0 aliphatic carbocycles. The summed E-state index contributed by atoms with van der Waals surface area (Å²) in [6.07, 6.45) is 0.976. The summed E-state index contributed by atoms with van der Waals surface area (Å²) in [5.74, 6) is 5.48. The van der Waals surface area contributed by atoms with Gasteiger partial charge in [-0.15, -0.1) is 0 Å². The predicted octanol–water partition coefficient (Wildman–Crippen LogP) is 0.951. The third-order valence-electron chi connectivity index (χ3n) is 2.52. The van der Waals surface area contributed by atoms with E-state index in [-0.39, 0.29) is 6.04 Å². The van der Waals surface area contributed by atoms with E-state index in [1.54, 1.807) is 0 Å². The number of hydrogen-bond donors (Lipinski definition) is 2. The van der Waals surface area contributed by atoms with Crippen LogP contribution in [0, 0.1) is 13.8 Å². The van der Waals surface area contributed by atoms with E-state index in [4.69, 9.17) is 5.84 Å². The highest BCUT2D eigenvalue weighted by molar-refractivity contribution is 5.27. The Bertz CT molecular complexity index is 286. The Balaban J connectivity index is 3.11. The van der Waals surface area contributed by atoms with Crippen molar-refractivity contribution in [1.29, 1.82) is 0 Å². The summed E-state index contributed by atoms with van der Waals surface area (Å²) in [5.41, 5.74) is 6.28. The van der Waals surface area contributed by atoms with Crippen LogP contribution in [0.5, 0.6) is 0 Å². The van der Waals surface area contributed by atoms with E-state index in [2.05, 4.69) is 24.4 Å². The minimum atomic E-state index is 0.216. The lowest BCUT2D eigenvalue weighted by atomic mass is 10.0. The molecular weight excluding hydrogens is 164 g/mol. The average Bonchev–Trinajstić information content (AvgIpc) is 2.34. The second kappa shape index (κ2) is 3.89. The van der Waals surface area contributed by atoms with Gasteiger partial charge in [0, 0.05) is 24.3 Å². The predicted molar refractivity (Wildman–Crippen MR) is 53.0 cm³/mol. The van der Waals surface area contributed by atoms with Crippen molar-refractivity contribution in [3.8, 4) is 0 Å². The summed E-state index contributed by atoms with van der Waals surface area (Å²) in [6, 6.07) is 0.216. The Kier molecular flexibility index (Phi) is 3.06. The monoisotopic (exact) mass is 182 g/mol. The Morgan fingerprint density at radius 1 is 1.54 bits per heavy atom. The molecule has 4 heteroatoms. The maximum atomic E-state index is 5.48. The fourth-order valence-corrected chi connectivity index (χ4v) is 1.70. The van der Waals surface area contributed by atoms with Crippen LogP contribution < -0.4 is 11.3 Å². The smallest absolute Gasteiger partial charge is 0.0644 e. The molecule has 0 spiro atoms. The summed E-state index contributed by atoms with van der Waals surface area (Å²) in [6.45, 7) is 6.19. The first kappa shape index (κ1) is 10.2. The van der Waals surface area contributed by atoms with E-state index < -0.39 is 0 Å². The molecule has 4 nitrogen and oxygen atoms in total. The molecule has 3 N–H and O–H groups in total. The normalized spacial score (nSPS) is 13.3. The second-order valence-corrected chi connectivity index (χ2v) is 3.34. The van der Waals surface area contributed by atoms with Gasteiger partial charge in [0.25, 0.3) is 0 Å². The zero-order chi connectivity index (χ0) is 10.0. The molecule has 0 aliphatic heterocycles. The zero-order valence-corrected chi connectivity index (χ0v) is 8.76. The van der Waals surface area contributed by atoms with Gasteiger partial charge in [0.1, 0.15) is 0 Å². The number of nitrogens with zero attached hydrogens (tertiary/aromatic N) is 2. The molecule has 1 aromatic rings. The number of rotatable bonds is 3. The molecule has 0 fully saturated rings. The van der Waals surface area contributed by atoms with Gasteiger partial charge in [0.2, 0.25) is 0 Å². The summed E-state index contributed by atoms with van der Waals surface area (Å²) >= 11 is 0. The first-order valence-electron chi connectivity index (χ1n) is 4.58. The van der Waals surface area contributed by atoms with E-state index in [0.717, 1.165) is 12.1 Å². The minimum absolute atomic E-state index is 0.216. The Morgan fingerprint density at radius 2 is 2.15 bits per heavy atom. The highest BCUT2D eigenvalue weighted by Gasteiger charge is 2.16. The standard InChI is InChI=1S/C9H18N4/c1-5-8(11-10)9-6(2)12-13(4)7(9)3/h8,11H,5,10H2,1-4H3. The van der Waals surface area contributed by atoms with Crippen molar-refractivity contribution >= 4 is 0 Å². The number of aromatic nitrogens is 2. The molecule has 0 bridgehead atoms. The number of nitrogens with one attached hydrogen (secondary N) is 1. The van der Waals surface area contributed by atoms with Crippen molar-refractivity contribution in [3.05, 3.63) is 17.0 Å². The molecule has 0 amide bonds. The van der Waals surface area contributed by atoms with Gasteiger partial charge in [-0.2, -0.15) is 5.10 Å². The van der Waals surface area contributed by atoms with Gasteiger partial charge in [0.15, 0.2) is 0 Å². The van der Waals surface area contributed by atoms with E-state index in [0.29, 0.717) is 0 Å². The lowest BCUT2D eigenvalue weighted by Crippen LogP contribution is -2.28. The molecule has 0 saturated heterocycles. The number of nitrogens with two attached hydrogens (primary N) is 1. The van der Waals surface area contributed by atoms with Crippen LogP contribution in [0.1, 0.15) is 36.3 Å². The fraction of sp³-hybridized carbons (Fsp3) is 0.667. The molecule has 0 saturated carbocycles. The second-order valence-electron chi connectivity index (χ2n) is 3.34. The lowest BCUT2D eigenvalue weighted by molar-refractivity contribution is 0.533. The van der Waals surface area contributed by atoms with Crippen LogP contribution in [-0.4, -0.2) is 9.78 Å². The fourth-order valence-electron chi connectivity index (χ4n) is 1.70. The van der Waals surface area contributed by atoms with E-state index in [9.17, 15) is 0 Å². The zero-order valence-electron chi connectivity index (χ0n) is 8.76. The first-order chi connectivity index (χ1) is 6.11. The molecule has 0 aromatic carbocycles. The van der Waals surface area contributed by atoms with Crippen molar-refractivity contribution in [2.75, 3.05) is 0 Å². The van der Waals surface area contributed by atoms with Gasteiger partial charge >= 0.3 is 0 Å². The molecule has 0 radical (unpaired) electrons. The van der Waals surface area contributed by atoms with Crippen molar-refractivity contribution in [2.24, 2.45) is 12.9 Å². The summed E-state index contributed by atoms with van der Waals surface area (Å²) < 4.78 is 1.89. The van der Waals surface area contributed by atoms with E-state index in [1.807, 2.05) is 18.7 Å². The van der Waals surface area contributed by atoms with Gasteiger partial charge in [0.05, 0.1) is 5.69 Å². The van der Waals surface area contributed by atoms with Crippen LogP contribution in [0.25, 0.3) is 0 Å². The van der Waals surface area contributed by atoms with E-state index in [1.165, 1.54) is 11.3 Å². The van der Waals surface area contributed by atoms with Gasteiger partial charge < -0.3 is 0 Å². The maximum absolute atomic E-state index is 5.48. The van der Waals surface area contributed by atoms with Crippen LogP contribution in [-0.2, 0) is 7.05 Å². The summed E-state index contributed by atoms with van der Waals surface area (Å²) in [5, 5.41) is 4.35. The van der Waals surface area contributed by atoms with Gasteiger partial charge in [-0.1, -0.05) is 6.92 Å². The van der Waals surface area contributed by atoms with Gasteiger partial charge in [-0.05, 0) is 20.3 Å². The SMILES string of the molecule is CCC(NN)c1c(C)nn(C)c1C. The van der Waals surface area contributed by atoms with Gasteiger partial charge in [-0.3, -0.25) is 16.0 Å². The van der Waals surface area contributed by atoms with E-state index >= 15 is 0 Å². The molecule has 1 rings (SSSR count). The summed E-state index contributed by atoms with van der Waals surface area (Å²) in [7, 11) is 1.95. The largest absolute Gasteiger partial charge is 0.272 e. The van der Waals surface area contributed by atoms with Crippen LogP contribution in [0.15, 0.2) is 0 Å². The molecule has 13 heavy (non-hydrogen) atoms. The van der Waals surface area contributed by atoms with Crippen molar-refractivity contribution in [2.45, 2.75) is 33.2 Å². The van der Waals surface area contributed by atoms with Crippen LogP contribution in [0.3, 0.4) is 0 Å². The quantitative estimate of drug-likeness (QED) is 0.540. The van der Waals surface area contributed by atoms with Crippen LogP contribution in [0.4, 0.5) is 0 Å². The number of hydrogen-bond acceptors (Lipinski definition) is 3. The first-order valence-corrected chi connectivity index (χ1v) is 4.58. The average molecular weight is 182 g/mol. The van der Waals surface area contributed by atoms with Crippen molar-refractivity contribution < 1.29 is 0 Å². The Labute approximate surface area is 79.1 Å². The highest BCUT2D eigenvalue weighted by atomic mass is 15.3. The molecule has 1 atom stereocenters. The van der Waals surface area contributed by atoms with Crippen LogP contribution in [0.2, 0.25) is 0 Å². The molecule has 0 aliphatic rings. The highest BCUT2D eigenvalue weighted by Crippen LogP contribution is 2.22. The molecule has 1 aromatic heterocycles. The van der Waals surface area contributed by atoms with Crippen LogP contribution >= 0.6 is 0 Å². The Hall–Kier alpha value is -0.870. The molecule has 74 valence electrons. The van der Waals surface area contributed by atoms with Crippen molar-refractivity contribution in [3.63, 3.8) is 0 Å². The molecular formula is C9H18N4. The van der Waals surface area contributed by atoms with Crippen molar-refractivity contribution in [1.82, 2.24) is 15.2 Å². The minimum Gasteiger partial charge on any atom is -0.272 e.